The van der Waals surface area contributed by atoms with Crippen LogP contribution >= 0.6 is 0 Å². The van der Waals surface area contributed by atoms with E-state index in [4.69, 9.17) is 4.74 Å². The largest absolute Gasteiger partial charge is 0.464 e. The Hall–Kier alpha value is -4.12. The van der Waals surface area contributed by atoms with Gasteiger partial charge >= 0.3 is 0 Å². The van der Waals surface area contributed by atoms with Crippen LogP contribution in [0.1, 0.15) is 23.0 Å². The third-order valence-electron chi connectivity index (χ3n) is 6.01. The molecule has 0 spiro atoms. The summed E-state index contributed by atoms with van der Waals surface area (Å²) < 4.78 is 6.11. The normalized spacial score (nSPS) is 23.2. The summed E-state index contributed by atoms with van der Waals surface area (Å²) in [4.78, 5) is 3.27. The van der Waals surface area contributed by atoms with Gasteiger partial charge < -0.3 is 25.7 Å². The fourth-order valence-corrected chi connectivity index (χ4v) is 4.35. The number of nitrogens with one attached hydrogen (secondary N) is 4. The monoisotopic (exact) mass is 420 g/mol. The Morgan fingerprint density at radius 2 is 1.50 bits per heavy atom. The summed E-state index contributed by atoms with van der Waals surface area (Å²) in [6.45, 7) is 0. The Labute approximate surface area is 187 Å². The van der Waals surface area contributed by atoms with E-state index in [-0.39, 0.29) is 18.3 Å². The second-order valence-electron chi connectivity index (χ2n) is 8.12. The van der Waals surface area contributed by atoms with Crippen LogP contribution in [0.15, 0.2) is 103 Å². The minimum absolute atomic E-state index is 0.138. The number of rotatable bonds is 4. The highest BCUT2D eigenvalue weighted by Crippen LogP contribution is 2.39. The second-order valence-corrected chi connectivity index (χ2v) is 8.12. The van der Waals surface area contributed by atoms with Crippen LogP contribution in [-0.2, 0) is 0 Å². The summed E-state index contributed by atoms with van der Waals surface area (Å²) >= 11 is 0. The summed E-state index contributed by atoms with van der Waals surface area (Å²) in [6, 6.07) is 20.9. The van der Waals surface area contributed by atoms with Crippen molar-refractivity contribution in [1.82, 2.24) is 15.6 Å². The maximum absolute atomic E-state index is 6.11. The topological polar surface area (TPSA) is 61.1 Å². The molecule has 158 valence electrons. The van der Waals surface area contributed by atoms with Crippen molar-refractivity contribution in [3.05, 3.63) is 120 Å². The summed E-state index contributed by atoms with van der Waals surface area (Å²) in [5, 5.41) is 10.8. The Kier molecular flexibility index (Phi) is 4.57. The Balaban J connectivity index is 1.17. The van der Waals surface area contributed by atoms with E-state index in [2.05, 4.69) is 87.7 Å². The average Bonchev–Trinajstić information content (AvgIpc) is 3.55. The van der Waals surface area contributed by atoms with Crippen LogP contribution in [0, 0.1) is 0 Å². The minimum Gasteiger partial charge on any atom is -0.464 e. The van der Waals surface area contributed by atoms with Gasteiger partial charge in [-0.3, -0.25) is 0 Å². The van der Waals surface area contributed by atoms with E-state index in [0.29, 0.717) is 0 Å². The molecule has 3 unspecified atom stereocenters. The lowest BCUT2D eigenvalue weighted by Gasteiger charge is -2.31. The minimum atomic E-state index is -0.155. The van der Waals surface area contributed by atoms with Gasteiger partial charge in [-0.15, -0.1) is 0 Å². The van der Waals surface area contributed by atoms with Gasteiger partial charge in [-0.25, -0.2) is 0 Å². The molecule has 3 atom stereocenters. The van der Waals surface area contributed by atoms with E-state index >= 15 is 0 Å². The molecule has 3 aliphatic heterocycles. The molecule has 6 rings (SSSR count). The van der Waals surface area contributed by atoms with Crippen molar-refractivity contribution in [3.63, 3.8) is 0 Å². The lowest BCUT2D eigenvalue weighted by molar-refractivity contribution is 0.260. The number of anilines is 1. The van der Waals surface area contributed by atoms with Gasteiger partial charge in [0, 0.05) is 17.5 Å². The van der Waals surface area contributed by atoms with Gasteiger partial charge in [0.05, 0.1) is 29.2 Å². The van der Waals surface area contributed by atoms with Gasteiger partial charge in [-0.05, 0) is 48.0 Å². The number of allylic oxidation sites excluding steroid dienone is 4. The summed E-state index contributed by atoms with van der Waals surface area (Å²) in [5.41, 5.74) is 6.54. The number of ether oxygens (including phenoxy) is 1. The molecule has 0 fully saturated rings. The third kappa shape index (κ3) is 3.48. The molecule has 2 aromatic carbocycles. The number of benzene rings is 2. The molecule has 4 N–H and O–H groups in total. The van der Waals surface area contributed by atoms with Gasteiger partial charge in [0.1, 0.15) is 5.75 Å². The lowest BCUT2D eigenvalue weighted by Crippen LogP contribution is -2.46. The molecule has 0 bridgehead atoms. The molecule has 1 aromatic heterocycles. The van der Waals surface area contributed by atoms with Crippen LogP contribution in [-0.4, -0.2) is 17.1 Å². The first-order valence-electron chi connectivity index (χ1n) is 10.9. The Bertz CT molecular complexity index is 1240. The number of hydrogen-bond donors (Lipinski definition) is 4. The van der Waals surface area contributed by atoms with Gasteiger partial charge in [0.25, 0.3) is 0 Å². The summed E-state index contributed by atoms with van der Waals surface area (Å²) in [7, 11) is 0. The number of aromatic nitrogens is 1. The molecule has 0 aliphatic carbocycles. The van der Waals surface area contributed by atoms with Gasteiger partial charge in [0.2, 0.25) is 0 Å². The average molecular weight is 421 g/mol. The Morgan fingerprint density at radius 1 is 0.719 bits per heavy atom. The van der Waals surface area contributed by atoms with Crippen molar-refractivity contribution >= 4 is 17.1 Å². The fourth-order valence-electron chi connectivity index (χ4n) is 4.35. The first-order chi connectivity index (χ1) is 15.8. The first kappa shape index (κ1) is 18.6. The third-order valence-corrected chi connectivity index (χ3v) is 6.01. The zero-order valence-corrected chi connectivity index (χ0v) is 17.5. The molecule has 0 amide bonds. The van der Waals surface area contributed by atoms with Crippen molar-refractivity contribution in [3.8, 4) is 5.75 Å². The number of fused-ring (bicyclic) bond motifs is 1. The molecule has 3 aliphatic rings. The fraction of sp³-hybridized carbons (Fsp3) is 0.111. The van der Waals surface area contributed by atoms with Gasteiger partial charge in [-0.2, -0.15) is 0 Å². The molecule has 3 aromatic rings. The van der Waals surface area contributed by atoms with Crippen molar-refractivity contribution in [2.75, 3.05) is 5.32 Å². The zero-order valence-electron chi connectivity index (χ0n) is 17.5. The van der Waals surface area contributed by atoms with Crippen molar-refractivity contribution < 1.29 is 4.74 Å². The van der Waals surface area contributed by atoms with E-state index in [9.17, 15) is 0 Å². The molecular formula is C27H24N4O. The number of aromatic amines is 1. The maximum atomic E-state index is 6.11. The predicted molar refractivity (Wildman–Crippen MR) is 129 cm³/mol. The molecular weight excluding hydrogens is 396 g/mol. The molecule has 0 saturated carbocycles. The van der Waals surface area contributed by atoms with Crippen LogP contribution < -0.4 is 20.7 Å². The van der Waals surface area contributed by atoms with Crippen molar-refractivity contribution in [1.29, 1.82) is 0 Å². The SMILES string of the molecule is C1=CC(C2C=CC=C(c3ccc[nH]3)N2)NC(c2ccc3c(c2)NC(c2ccccc2)O3)=C1. The van der Waals surface area contributed by atoms with E-state index in [1.165, 1.54) is 0 Å². The van der Waals surface area contributed by atoms with Crippen LogP contribution in [0.2, 0.25) is 0 Å². The van der Waals surface area contributed by atoms with Gasteiger partial charge in [0.15, 0.2) is 6.23 Å². The summed E-state index contributed by atoms with van der Waals surface area (Å²) in [5.74, 6) is 0.878. The van der Waals surface area contributed by atoms with Crippen LogP contribution in [0.3, 0.4) is 0 Å². The van der Waals surface area contributed by atoms with Crippen molar-refractivity contribution in [2.24, 2.45) is 0 Å². The summed E-state index contributed by atoms with van der Waals surface area (Å²) in [6.07, 6.45) is 14.6. The molecule has 5 nitrogen and oxygen atoms in total. The highest BCUT2D eigenvalue weighted by Gasteiger charge is 2.26. The van der Waals surface area contributed by atoms with Crippen molar-refractivity contribution in [2.45, 2.75) is 18.3 Å². The predicted octanol–water partition coefficient (Wildman–Crippen LogP) is 4.96. The molecule has 4 heterocycles. The zero-order chi connectivity index (χ0) is 21.3. The maximum Gasteiger partial charge on any atom is 0.196 e. The molecule has 5 heteroatoms. The highest BCUT2D eigenvalue weighted by molar-refractivity contribution is 5.74. The number of hydrogen-bond acceptors (Lipinski definition) is 4. The standard InChI is InChI=1S/C27H24N4O/c1-2-7-18(8-3-1)27-31-25-17-19(14-15-26(25)32-27)20-9-4-11-23(29-20)24-12-5-10-22(30-24)21-13-6-16-28-21/h1-17,23-24,27-31H. The smallest absolute Gasteiger partial charge is 0.196 e. The molecule has 0 radical (unpaired) electrons. The van der Waals surface area contributed by atoms with E-state index in [0.717, 1.165) is 39.7 Å². The van der Waals surface area contributed by atoms with Gasteiger partial charge in [-0.1, -0.05) is 54.6 Å². The molecule has 0 saturated heterocycles. The highest BCUT2D eigenvalue weighted by atomic mass is 16.5. The van der Waals surface area contributed by atoms with E-state index < -0.39 is 0 Å². The molecule has 32 heavy (non-hydrogen) atoms. The van der Waals surface area contributed by atoms with E-state index in [1.807, 2.05) is 36.5 Å². The lowest BCUT2D eigenvalue weighted by atomic mass is 9.99. The Morgan fingerprint density at radius 3 is 2.28 bits per heavy atom. The quantitative estimate of drug-likeness (QED) is 0.482. The van der Waals surface area contributed by atoms with Crippen LogP contribution in [0.4, 0.5) is 5.69 Å². The number of dihydropyridines is 2. The van der Waals surface area contributed by atoms with E-state index in [1.54, 1.807) is 0 Å². The second kappa shape index (κ2) is 7.85. The van der Waals surface area contributed by atoms with Crippen LogP contribution in [0.25, 0.3) is 11.4 Å². The number of H-pyrrole nitrogens is 1. The first-order valence-corrected chi connectivity index (χ1v) is 10.9. The van der Waals surface area contributed by atoms with Crippen LogP contribution in [0.5, 0.6) is 5.75 Å².